The molecule has 0 aliphatic heterocycles. The molecule has 0 aliphatic carbocycles. The summed E-state index contributed by atoms with van der Waals surface area (Å²) in [4.78, 5) is 4.38. The number of nitrogens with zero attached hydrogens (tertiary/aromatic N) is 1. The van der Waals surface area contributed by atoms with E-state index in [-0.39, 0.29) is 0 Å². The van der Waals surface area contributed by atoms with Gasteiger partial charge in [0.2, 0.25) is 0 Å². The van der Waals surface area contributed by atoms with Crippen LogP contribution in [0.5, 0.6) is 0 Å². The Labute approximate surface area is 89.9 Å². The first-order valence-electron chi connectivity index (χ1n) is 5.15. The Morgan fingerprint density at radius 1 is 1.29 bits per heavy atom. The van der Waals surface area contributed by atoms with Crippen molar-refractivity contribution >= 4 is 11.3 Å². The highest BCUT2D eigenvalue weighted by molar-refractivity contribution is 7.09. The van der Waals surface area contributed by atoms with Crippen LogP contribution in [0, 0.1) is 6.92 Å². The molecule has 0 atom stereocenters. The van der Waals surface area contributed by atoms with Crippen LogP contribution in [0.1, 0.15) is 24.0 Å². The zero-order valence-corrected chi connectivity index (χ0v) is 9.78. The minimum atomic E-state index is 0.887. The van der Waals surface area contributed by atoms with Gasteiger partial charge in [0, 0.05) is 25.0 Å². The van der Waals surface area contributed by atoms with Crippen LogP contribution in [-0.4, -0.2) is 24.6 Å². The summed E-state index contributed by atoms with van der Waals surface area (Å²) < 4.78 is 0. The molecule has 3 nitrogen and oxygen atoms in total. The molecule has 0 aromatic carbocycles. The fourth-order valence-corrected chi connectivity index (χ4v) is 1.80. The molecule has 2 N–H and O–H groups in total. The summed E-state index contributed by atoms with van der Waals surface area (Å²) in [6.07, 6.45) is 1.20. The van der Waals surface area contributed by atoms with Gasteiger partial charge < -0.3 is 10.6 Å². The maximum absolute atomic E-state index is 4.38. The standard InChI is InChI=1S/C10H19N3S/c1-3-4-11-5-6-12-7-10-8-14-9(2)13-10/h8,11-12H,3-7H2,1-2H3. The summed E-state index contributed by atoms with van der Waals surface area (Å²) >= 11 is 1.71. The smallest absolute Gasteiger partial charge is 0.0897 e. The van der Waals surface area contributed by atoms with E-state index >= 15 is 0 Å². The van der Waals surface area contributed by atoms with Gasteiger partial charge in [-0.05, 0) is 19.9 Å². The van der Waals surface area contributed by atoms with Crippen molar-refractivity contribution in [1.82, 2.24) is 15.6 Å². The predicted molar refractivity (Wildman–Crippen MR) is 61.7 cm³/mol. The highest BCUT2D eigenvalue weighted by Crippen LogP contribution is 2.06. The van der Waals surface area contributed by atoms with Gasteiger partial charge in [0.05, 0.1) is 10.7 Å². The van der Waals surface area contributed by atoms with Crippen LogP contribution >= 0.6 is 11.3 Å². The van der Waals surface area contributed by atoms with Crippen molar-refractivity contribution in [2.45, 2.75) is 26.8 Å². The summed E-state index contributed by atoms with van der Waals surface area (Å²) in [7, 11) is 0. The lowest BCUT2D eigenvalue weighted by molar-refractivity contribution is 0.603. The van der Waals surface area contributed by atoms with Crippen molar-refractivity contribution in [2.24, 2.45) is 0 Å². The zero-order chi connectivity index (χ0) is 10.2. The van der Waals surface area contributed by atoms with Gasteiger partial charge in [0.15, 0.2) is 0 Å². The van der Waals surface area contributed by atoms with E-state index in [1.807, 2.05) is 6.92 Å². The molecule has 0 fully saturated rings. The van der Waals surface area contributed by atoms with Crippen LogP contribution < -0.4 is 10.6 Å². The molecule has 0 bridgehead atoms. The Kier molecular flexibility index (Phi) is 5.75. The molecule has 4 heteroatoms. The normalized spacial score (nSPS) is 10.7. The number of aromatic nitrogens is 1. The molecule has 0 unspecified atom stereocenters. The number of hydrogen-bond donors (Lipinski definition) is 2. The van der Waals surface area contributed by atoms with Crippen molar-refractivity contribution in [2.75, 3.05) is 19.6 Å². The van der Waals surface area contributed by atoms with Crippen LogP contribution in [0.25, 0.3) is 0 Å². The largest absolute Gasteiger partial charge is 0.315 e. The van der Waals surface area contributed by atoms with Crippen molar-refractivity contribution < 1.29 is 0 Å². The molecule has 0 saturated carbocycles. The van der Waals surface area contributed by atoms with E-state index in [1.54, 1.807) is 11.3 Å². The number of thiazole rings is 1. The molecule has 1 heterocycles. The summed E-state index contributed by atoms with van der Waals surface area (Å²) in [5.74, 6) is 0. The monoisotopic (exact) mass is 213 g/mol. The second-order valence-electron chi connectivity index (χ2n) is 3.28. The first-order chi connectivity index (χ1) is 6.83. The molecule has 14 heavy (non-hydrogen) atoms. The molecule has 1 rings (SSSR count). The van der Waals surface area contributed by atoms with Gasteiger partial charge in [-0.15, -0.1) is 11.3 Å². The topological polar surface area (TPSA) is 37.0 Å². The molecule has 1 aromatic rings. The van der Waals surface area contributed by atoms with Gasteiger partial charge in [-0.1, -0.05) is 6.92 Å². The van der Waals surface area contributed by atoms with Gasteiger partial charge >= 0.3 is 0 Å². The van der Waals surface area contributed by atoms with Gasteiger partial charge in [-0.2, -0.15) is 0 Å². The first kappa shape index (κ1) is 11.6. The highest BCUT2D eigenvalue weighted by Gasteiger charge is 1.96. The maximum Gasteiger partial charge on any atom is 0.0897 e. The van der Waals surface area contributed by atoms with E-state index in [4.69, 9.17) is 0 Å². The first-order valence-corrected chi connectivity index (χ1v) is 6.03. The van der Waals surface area contributed by atoms with Crippen molar-refractivity contribution in [3.63, 3.8) is 0 Å². The molecule has 0 spiro atoms. The van der Waals surface area contributed by atoms with Gasteiger partial charge in [-0.25, -0.2) is 4.98 Å². The average molecular weight is 213 g/mol. The van der Waals surface area contributed by atoms with Crippen molar-refractivity contribution in [3.05, 3.63) is 16.1 Å². The molecule has 0 aliphatic rings. The predicted octanol–water partition coefficient (Wildman–Crippen LogP) is 1.54. The van der Waals surface area contributed by atoms with E-state index in [9.17, 15) is 0 Å². The van der Waals surface area contributed by atoms with E-state index < -0.39 is 0 Å². The lowest BCUT2D eigenvalue weighted by Crippen LogP contribution is -2.27. The average Bonchev–Trinajstić information content (AvgIpc) is 2.58. The summed E-state index contributed by atoms with van der Waals surface area (Å²) in [6, 6.07) is 0. The van der Waals surface area contributed by atoms with Gasteiger partial charge in [0.25, 0.3) is 0 Å². The molecule has 0 radical (unpaired) electrons. The van der Waals surface area contributed by atoms with Gasteiger partial charge in [0.1, 0.15) is 0 Å². The van der Waals surface area contributed by atoms with Crippen LogP contribution in [0.4, 0.5) is 0 Å². The second-order valence-corrected chi connectivity index (χ2v) is 4.35. The zero-order valence-electron chi connectivity index (χ0n) is 8.97. The Morgan fingerprint density at radius 2 is 2.07 bits per heavy atom. The van der Waals surface area contributed by atoms with Crippen molar-refractivity contribution in [1.29, 1.82) is 0 Å². The third-order valence-corrected chi connectivity index (χ3v) is 2.70. The third-order valence-electron chi connectivity index (χ3n) is 1.88. The van der Waals surface area contributed by atoms with E-state index in [1.165, 1.54) is 6.42 Å². The minimum absolute atomic E-state index is 0.887. The lowest BCUT2D eigenvalue weighted by atomic mass is 10.4. The number of rotatable bonds is 7. The summed E-state index contributed by atoms with van der Waals surface area (Å²) in [5.41, 5.74) is 1.16. The Morgan fingerprint density at radius 3 is 2.71 bits per heavy atom. The molecule has 80 valence electrons. The minimum Gasteiger partial charge on any atom is -0.315 e. The van der Waals surface area contributed by atoms with Crippen LogP contribution in [0.15, 0.2) is 5.38 Å². The van der Waals surface area contributed by atoms with Crippen LogP contribution in [0.2, 0.25) is 0 Å². The molecular weight excluding hydrogens is 194 g/mol. The molecule has 0 amide bonds. The molecule has 1 aromatic heterocycles. The fraction of sp³-hybridized carbons (Fsp3) is 0.700. The molecule has 0 saturated heterocycles. The van der Waals surface area contributed by atoms with Gasteiger partial charge in [-0.3, -0.25) is 0 Å². The van der Waals surface area contributed by atoms with E-state index in [0.717, 1.165) is 36.9 Å². The number of nitrogens with one attached hydrogen (secondary N) is 2. The second kappa shape index (κ2) is 6.92. The van der Waals surface area contributed by atoms with Crippen LogP contribution in [0.3, 0.4) is 0 Å². The lowest BCUT2D eigenvalue weighted by Gasteiger charge is -2.03. The van der Waals surface area contributed by atoms with Crippen LogP contribution in [-0.2, 0) is 6.54 Å². The summed E-state index contributed by atoms with van der Waals surface area (Å²) in [5, 5.41) is 9.96. The Balaban J connectivity index is 1.99. The highest BCUT2D eigenvalue weighted by atomic mass is 32.1. The Bertz CT molecular complexity index is 247. The summed E-state index contributed by atoms with van der Waals surface area (Å²) in [6.45, 7) is 8.26. The number of hydrogen-bond acceptors (Lipinski definition) is 4. The SMILES string of the molecule is CCCNCCNCc1csc(C)n1. The number of aryl methyl sites for hydroxylation is 1. The molecular formula is C10H19N3S. The quantitative estimate of drug-likeness (QED) is 0.675. The van der Waals surface area contributed by atoms with E-state index in [2.05, 4.69) is 27.9 Å². The van der Waals surface area contributed by atoms with E-state index in [0.29, 0.717) is 0 Å². The Hall–Kier alpha value is -0.450. The fourth-order valence-electron chi connectivity index (χ4n) is 1.18. The van der Waals surface area contributed by atoms with Crippen molar-refractivity contribution in [3.8, 4) is 0 Å². The third kappa shape index (κ3) is 4.69. The maximum atomic E-state index is 4.38.